The van der Waals surface area contributed by atoms with Gasteiger partial charge < -0.3 is 10.1 Å². The Morgan fingerprint density at radius 3 is 2.80 bits per heavy atom. The summed E-state index contributed by atoms with van der Waals surface area (Å²) in [6.07, 6.45) is 5.91. The van der Waals surface area contributed by atoms with Crippen LogP contribution < -0.4 is 5.32 Å². The molecule has 1 fully saturated rings. The first kappa shape index (κ1) is 15.4. The number of hydrogen-bond donors (Lipinski definition) is 1. The van der Waals surface area contributed by atoms with Crippen molar-refractivity contribution in [3.63, 3.8) is 0 Å². The zero-order chi connectivity index (χ0) is 14.4. The standard InChI is InChI=1S/C16H23NO2S/c1-19-16(18)13(12-7-4-3-5-8-12)11-17-14-9-6-10-15(14)20-2/h3-5,7-8,13-15,17H,6,9-11H2,1-2H3. The lowest BCUT2D eigenvalue weighted by Crippen LogP contribution is -2.38. The molecule has 4 heteroatoms. The lowest BCUT2D eigenvalue weighted by Gasteiger charge is -2.22. The topological polar surface area (TPSA) is 38.3 Å². The van der Waals surface area contributed by atoms with Crippen molar-refractivity contribution < 1.29 is 9.53 Å². The third-order valence-electron chi connectivity index (χ3n) is 4.03. The Hall–Kier alpha value is -1.00. The number of hydrogen-bond acceptors (Lipinski definition) is 4. The second-order valence-electron chi connectivity index (χ2n) is 5.21. The van der Waals surface area contributed by atoms with Crippen molar-refractivity contribution in [3.8, 4) is 0 Å². The minimum Gasteiger partial charge on any atom is -0.469 e. The highest BCUT2D eigenvalue weighted by Gasteiger charge is 2.28. The molecule has 110 valence electrons. The number of esters is 1. The smallest absolute Gasteiger partial charge is 0.314 e. The number of thioether (sulfide) groups is 1. The van der Waals surface area contributed by atoms with Gasteiger partial charge in [0.25, 0.3) is 0 Å². The van der Waals surface area contributed by atoms with Crippen LogP contribution in [0.2, 0.25) is 0 Å². The van der Waals surface area contributed by atoms with E-state index in [1.165, 1.54) is 26.4 Å². The van der Waals surface area contributed by atoms with Crippen LogP contribution >= 0.6 is 11.8 Å². The maximum Gasteiger partial charge on any atom is 0.314 e. The molecule has 0 radical (unpaired) electrons. The highest BCUT2D eigenvalue weighted by molar-refractivity contribution is 7.99. The summed E-state index contributed by atoms with van der Waals surface area (Å²) < 4.78 is 4.95. The van der Waals surface area contributed by atoms with Crippen molar-refractivity contribution in [3.05, 3.63) is 35.9 Å². The molecule has 20 heavy (non-hydrogen) atoms. The van der Waals surface area contributed by atoms with Crippen molar-refractivity contribution in [2.75, 3.05) is 19.9 Å². The van der Waals surface area contributed by atoms with Crippen molar-refractivity contribution in [2.24, 2.45) is 0 Å². The SMILES string of the molecule is COC(=O)C(CNC1CCCC1SC)c1ccccc1. The number of benzene rings is 1. The summed E-state index contributed by atoms with van der Waals surface area (Å²) in [5.74, 6) is -0.383. The van der Waals surface area contributed by atoms with E-state index in [0.717, 1.165) is 5.56 Å². The summed E-state index contributed by atoms with van der Waals surface area (Å²) in [5.41, 5.74) is 1.02. The summed E-state index contributed by atoms with van der Waals surface area (Å²) in [6, 6.07) is 10.4. The largest absolute Gasteiger partial charge is 0.469 e. The lowest BCUT2D eigenvalue weighted by molar-refractivity contribution is -0.142. The van der Waals surface area contributed by atoms with Gasteiger partial charge in [-0.3, -0.25) is 4.79 Å². The summed E-state index contributed by atoms with van der Waals surface area (Å²) in [5, 5.41) is 4.25. The van der Waals surface area contributed by atoms with Crippen molar-refractivity contribution in [1.29, 1.82) is 0 Å². The molecule has 0 bridgehead atoms. The molecular formula is C16H23NO2S. The van der Waals surface area contributed by atoms with Gasteiger partial charge in [0.1, 0.15) is 0 Å². The maximum absolute atomic E-state index is 12.0. The molecule has 3 unspecified atom stereocenters. The van der Waals surface area contributed by atoms with Gasteiger partial charge >= 0.3 is 5.97 Å². The van der Waals surface area contributed by atoms with E-state index >= 15 is 0 Å². The van der Waals surface area contributed by atoms with Gasteiger partial charge in [-0.05, 0) is 24.7 Å². The van der Waals surface area contributed by atoms with Gasteiger partial charge in [0.15, 0.2) is 0 Å². The van der Waals surface area contributed by atoms with Crippen LogP contribution in [0.5, 0.6) is 0 Å². The van der Waals surface area contributed by atoms with E-state index in [2.05, 4.69) is 11.6 Å². The molecule has 0 spiro atoms. The summed E-state index contributed by atoms with van der Waals surface area (Å²) >= 11 is 1.92. The van der Waals surface area contributed by atoms with Gasteiger partial charge in [-0.2, -0.15) is 11.8 Å². The Kier molecular flexibility index (Phi) is 5.92. The molecule has 0 amide bonds. The van der Waals surface area contributed by atoms with Crippen molar-refractivity contribution in [2.45, 2.75) is 36.5 Å². The number of methoxy groups -OCH3 is 1. The average Bonchev–Trinajstić information content (AvgIpc) is 2.95. The third kappa shape index (κ3) is 3.76. The van der Waals surface area contributed by atoms with Crippen LogP contribution in [-0.2, 0) is 9.53 Å². The van der Waals surface area contributed by atoms with E-state index in [-0.39, 0.29) is 11.9 Å². The normalized spacial score (nSPS) is 23.5. The molecule has 1 aliphatic rings. The van der Waals surface area contributed by atoms with E-state index in [0.29, 0.717) is 17.8 Å². The molecule has 3 atom stereocenters. The number of rotatable bonds is 6. The van der Waals surface area contributed by atoms with Crippen LogP contribution in [0.3, 0.4) is 0 Å². The summed E-state index contributed by atoms with van der Waals surface area (Å²) in [4.78, 5) is 12.0. The first-order chi connectivity index (χ1) is 9.76. The van der Waals surface area contributed by atoms with Crippen molar-refractivity contribution >= 4 is 17.7 Å². The van der Waals surface area contributed by atoms with E-state index in [4.69, 9.17) is 4.74 Å². The van der Waals surface area contributed by atoms with Crippen LogP contribution in [0.1, 0.15) is 30.7 Å². The monoisotopic (exact) mass is 293 g/mol. The average molecular weight is 293 g/mol. The number of carbonyl (C=O) groups is 1. The van der Waals surface area contributed by atoms with Crippen LogP contribution in [0.25, 0.3) is 0 Å². The van der Waals surface area contributed by atoms with E-state index in [1.807, 2.05) is 42.1 Å². The molecule has 0 aromatic heterocycles. The molecule has 1 aromatic rings. The van der Waals surface area contributed by atoms with Gasteiger partial charge in [0.05, 0.1) is 13.0 Å². The predicted octanol–water partition coefficient (Wildman–Crippen LogP) is 2.82. The number of carbonyl (C=O) groups excluding carboxylic acids is 1. The van der Waals surface area contributed by atoms with Crippen LogP contribution in [0, 0.1) is 0 Å². The fraction of sp³-hybridized carbons (Fsp3) is 0.562. The molecular weight excluding hydrogens is 270 g/mol. The van der Waals surface area contributed by atoms with Crippen LogP contribution in [0.4, 0.5) is 0 Å². The Morgan fingerprint density at radius 1 is 1.40 bits per heavy atom. The fourth-order valence-corrected chi connectivity index (χ4v) is 3.84. The quantitative estimate of drug-likeness (QED) is 0.819. The Morgan fingerprint density at radius 2 is 2.15 bits per heavy atom. The third-order valence-corrected chi connectivity index (χ3v) is 5.20. The zero-order valence-electron chi connectivity index (χ0n) is 12.2. The molecule has 2 rings (SSSR count). The molecule has 3 nitrogen and oxygen atoms in total. The number of ether oxygens (including phenoxy) is 1. The molecule has 1 aromatic carbocycles. The first-order valence-electron chi connectivity index (χ1n) is 7.15. The summed E-state index contributed by atoms with van der Waals surface area (Å²) in [7, 11) is 1.46. The number of nitrogens with one attached hydrogen (secondary N) is 1. The molecule has 1 aliphatic carbocycles. The highest BCUT2D eigenvalue weighted by atomic mass is 32.2. The van der Waals surface area contributed by atoms with Gasteiger partial charge in [-0.1, -0.05) is 36.8 Å². The van der Waals surface area contributed by atoms with E-state index in [9.17, 15) is 4.79 Å². The predicted molar refractivity (Wildman–Crippen MR) is 84.1 cm³/mol. The van der Waals surface area contributed by atoms with Gasteiger partial charge in [0, 0.05) is 17.8 Å². The molecule has 0 aliphatic heterocycles. The minimum absolute atomic E-state index is 0.164. The second kappa shape index (κ2) is 7.70. The van der Waals surface area contributed by atoms with Crippen LogP contribution in [0.15, 0.2) is 30.3 Å². The molecule has 1 saturated carbocycles. The van der Waals surface area contributed by atoms with E-state index in [1.54, 1.807) is 0 Å². The Bertz CT molecular complexity index is 424. The lowest BCUT2D eigenvalue weighted by atomic mass is 9.99. The minimum atomic E-state index is -0.218. The van der Waals surface area contributed by atoms with Crippen molar-refractivity contribution in [1.82, 2.24) is 5.32 Å². The molecule has 0 heterocycles. The second-order valence-corrected chi connectivity index (χ2v) is 6.28. The van der Waals surface area contributed by atoms with E-state index < -0.39 is 0 Å². The zero-order valence-corrected chi connectivity index (χ0v) is 13.0. The Labute approximate surface area is 125 Å². The molecule has 1 N–H and O–H groups in total. The van der Waals surface area contributed by atoms with Crippen LogP contribution in [-0.4, -0.2) is 37.2 Å². The van der Waals surface area contributed by atoms with Gasteiger partial charge in [-0.25, -0.2) is 0 Å². The van der Waals surface area contributed by atoms with Gasteiger partial charge in [0.2, 0.25) is 0 Å². The Balaban J connectivity index is 2.00. The summed E-state index contributed by atoms with van der Waals surface area (Å²) in [6.45, 7) is 0.651. The highest BCUT2D eigenvalue weighted by Crippen LogP contribution is 2.29. The van der Waals surface area contributed by atoms with Gasteiger partial charge in [-0.15, -0.1) is 0 Å². The first-order valence-corrected chi connectivity index (χ1v) is 8.44. The molecule has 0 saturated heterocycles. The fourth-order valence-electron chi connectivity index (χ4n) is 2.88. The maximum atomic E-state index is 12.0.